The fourth-order valence-corrected chi connectivity index (χ4v) is 1.53. The summed E-state index contributed by atoms with van der Waals surface area (Å²) in [4.78, 5) is 10.5. The molecule has 0 fully saturated rings. The first-order valence-corrected chi connectivity index (χ1v) is 6.42. The predicted molar refractivity (Wildman–Crippen MR) is 74.0 cm³/mol. The maximum absolute atomic E-state index is 10.5. The number of primary amides is 1. The summed E-state index contributed by atoms with van der Waals surface area (Å²) in [6, 6.07) is 8.70. The third-order valence-corrected chi connectivity index (χ3v) is 2.58. The second kappa shape index (κ2) is 8.91. The van der Waals surface area contributed by atoms with Crippen molar-refractivity contribution in [3.8, 4) is 11.8 Å². The van der Waals surface area contributed by atoms with Gasteiger partial charge in [0.25, 0.3) is 0 Å². The van der Waals surface area contributed by atoms with Crippen LogP contribution in [0.3, 0.4) is 0 Å². The summed E-state index contributed by atoms with van der Waals surface area (Å²) in [5.74, 6) is 0.285. The summed E-state index contributed by atoms with van der Waals surface area (Å²) >= 11 is 0. The summed E-state index contributed by atoms with van der Waals surface area (Å²) in [6.07, 6.45) is 0.350. The van der Waals surface area contributed by atoms with Crippen molar-refractivity contribution in [3.63, 3.8) is 0 Å². The number of aliphatic hydroxyl groups is 1. The molecule has 0 spiro atoms. The Hall–Kier alpha value is -2.10. The zero-order valence-electron chi connectivity index (χ0n) is 11.2. The van der Waals surface area contributed by atoms with E-state index in [1.165, 1.54) is 0 Å². The maximum Gasteiger partial charge on any atom is 0.217 e. The molecule has 4 N–H and O–H groups in total. The molecule has 20 heavy (non-hydrogen) atoms. The number of nitrogens with zero attached hydrogens (tertiary/aromatic N) is 1. The minimum absolute atomic E-state index is 0.161. The molecule has 6 nitrogen and oxygen atoms in total. The molecule has 0 bridgehead atoms. The van der Waals surface area contributed by atoms with Crippen molar-refractivity contribution in [2.45, 2.75) is 18.9 Å². The van der Waals surface area contributed by atoms with Crippen molar-refractivity contribution in [2.24, 2.45) is 5.73 Å². The van der Waals surface area contributed by atoms with Crippen LogP contribution in [0.5, 0.6) is 5.75 Å². The predicted octanol–water partition coefficient (Wildman–Crippen LogP) is 0.153. The topological polar surface area (TPSA) is 108 Å². The highest BCUT2D eigenvalue weighted by Gasteiger charge is 2.05. The van der Waals surface area contributed by atoms with E-state index >= 15 is 0 Å². The van der Waals surface area contributed by atoms with Crippen molar-refractivity contribution in [2.75, 3.05) is 19.7 Å². The first kappa shape index (κ1) is 16.0. The molecular formula is C14H19N3O3. The van der Waals surface area contributed by atoms with Gasteiger partial charge in [-0.2, -0.15) is 5.26 Å². The Morgan fingerprint density at radius 2 is 2.15 bits per heavy atom. The Morgan fingerprint density at radius 3 is 2.75 bits per heavy atom. The van der Waals surface area contributed by atoms with Gasteiger partial charge in [-0.15, -0.1) is 0 Å². The van der Waals surface area contributed by atoms with Crippen LogP contribution in [0, 0.1) is 11.3 Å². The van der Waals surface area contributed by atoms with Crippen molar-refractivity contribution in [1.82, 2.24) is 5.32 Å². The first-order chi connectivity index (χ1) is 9.61. The molecule has 0 aromatic heterocycles. The van der Waals surface area contributed by atoms with E-state index in [1.807, 2.05) is 6.07 Å². The molecule has 0 aliphatic carbocycles. The Bertz CT molecular complexity index is 454. The van der Waals surface area contributed by atoms with Gasteiger partial charge < -0.3 is 20.9 Å². The monoisotopic (exact) mass is 277 g/mol. The Labute approximate surface area is 118 Å². The Morgan fingerprint density at radius 1 is 1.45 bits per heavy atom. The number of nitrogens with two attached hydrogens (primary N) is 1. The molecule has 1 atom stereocenters. The fourth-order valence-electron chi connectivity index (χ4n) is 1.53. The lowest BCUT2D eigenvalue weighted by Gasteiger charge is -2.13. The largest absolute Gasteiger partial charge is 0.491 e. The van der Waals surface area contributed by atoms with Gasteiger partial charge in [-0.05, 0) is 37.2 Å². The van der Waals surface area contributed by atoms with E-state index in [0.717, 1.165) is 0 Å². The number of nitrogens with one attached hydrogen (secondary N) is 1. The number of amides is 1. The summed E-state index contributed by atoms with van der Waals surface area (Å²) in [5.41, 5.74) is 5.57. The van der Waals surface area contributed by atoms with Gasteiger partial charge in [0.1, 0.15) is 18.5 Å². The third-order valence-electron chi connectivity index (χ3n) is 2.58. The minimum Gasteiger partial charge on any atom is -0.491 e. The third kappa shape index (κ3) is 6.73. The quantitative estimate of drug-likeness (QED) is 0.557. The van der Waals surface area contributed by atoms with Gasteiger partial charge in [0, 0.05) is 13.0 Å². The van der Waals surface area contributed by atoms with Crippen molar-refractivity contribution in [1.29, 1.82) is 5.26 Å². The lowest BCUT2D eigenvalue weighted by Crippen LogP contribution is -2.32. The highest BCUT2D eigenvalue weighted by Crippen LogP contribution is 2.11. The van der Waals surface area contributed by atoms with E-state index in [9.17, 15) is 9.90 Å². The van der Waals surface area contributed by atoms with E-state index in [1.54, 1.807) is 24.3 Å². The molecule has 1 aromatic carbocycles. The van der Waals surface area contributed by atoms with Gasteiger partial charge in [-0.25, -0.2) is 0 Å². The van der Waals surface area contributed by atoms with E-state index in [4.69, 9.17) is 15.7 Å². The molecule has 0 aliphatic rings. The second-order valence-electron chi connectivity index (χ2n) is 4.37. The van der Waals surface area contributed by atoms with Crippen LogP contribution in [0.4, 0.5) is 0 Å². The molecule has 0 saturated carbocycles. The smallest absolute Gasteiger partial charge is 0.217 e. The van der Waals surface area contributed by atoms with Crippen LogP contribution in [-0.4, -0.2) is 36.8 Å². The van der Waals surface area contributed by atoms with Crippen molar-refractivity contribution < 1.29 is 14.6 Å². The number of ether oxygens (including phenoxy) is 1. The average Bonchev–Trinajstić information content (AvgIpc) is 2.45. The maximum atomic E-state index is 10.5. The van der Waals surface area contributed by atoms with E-state index in [-0.39, 0.29) is 12.5 Å². The Balaban J connectivity index is 2.14. The standard InChI is InChI=1S/C14H19N3O3/c15-8-11-3-5-13(6-4-11)20-10-12(18)9-17-7-1-2-14(16)19/h3-6,12,17-18H,1-2,7,9-10H2,(H2,16,19). The molecule has 1 aromatic rings. The van der Waals surface area contributed by atoms with Gasteiger partial charge >= 0.3 is 0 Å². The number of nitriles is 1. The van der Waals surface area contributed by atoms with Crippen molar-refractivity contribution in [3.05, 3.63) is 29.8 Å². The summed E-state index contributed by atoms with van der Waals surface area (Å²) in [7, 11) is 0. The number of benzene rings is 1. The van der Waals surface area contributed by atoms with Crippen LogP contribution in [0.15, 0.2) is 24.3 Å². The van der Waals surface area contributed by atoms with Gasteiger partial charge in [0.05, 0.1) is 11.6 Å². The van der Waals surface area contributed by atoms with Crippen LogP contribution in [0.2, 0.25) is 0 Å². The average molecular weight is 277 g/mol. The molecular weight excluding hydrogens is 258 g/mol. The number of carbonyl (C=O) groups excluding carboxylic acids is 1. The van der Waals surface area contributed by atoms with Crippen molar-refractivity contribution >= 4 is 5.91 Å². The molecule has 0 radical (unpaired) electrons. The van der Waals surface area contributed by atoms with E-state index in [2.05, 4.69) is 5.32 Å². The van der Waals surface area contributed by atoms with Crippen LogP contribution < -0.4 is 15.8 Å². The lowest BCUT2D eigenvalue weighted by molar-refractivity contribution is -0.118. The molecule has 0 aliphatic heterocycles. The summed E-state index contributed by atoms with van der Waals surface area (Å²) in [6.45, 7) is 1.17. The zero-order chi connectivity index (χ0) is 14.8. The van der Waals surface area contributed by atoms with Crippen LogP contribution in [-0.2, 0) is 4.79 Å². The molecule has 1 amide bonds. The Kier molecular flexibility index (Phi) is 7.11. The number of carbonyl (C=O) groups is 1. The number of hydrogen-bond acceptors (Lipinski definition) is 5. The second-order valence-corrected chi connectivity index (χ2v) is 4.37. The van der Waals surface area contributed by atoms with Crippen LogP contribution in [0.1, 0.15) is 18.4 Å². The SMILES string of the molecule is N#Cc1ccc(OCC(O)CNCCCC(N)=O)cc1. The molecule has 0 heterocycles. The van der Waals surface area contributed by atoms with E-state index in [0.29, 0.717) is 37.2 Å². The van der Waals surface area contributed by atoms with Gasteiger partial charge in [0.2, 0.25) is 5.91 Å². The highest BCUT2D eigenvalue weighted by molar-refractivity contribution is 5.73. The molecule has 6 heteroatoms. The van der Waals surface area contributed by atoms with Gasteiger partial charge in [-0.1, -0.05) is 0 Å². The zero-order valence-corrected chi connectivity index (χ0v) is 11.2. The number of aliphatic hydroxyl groups excluding tert-OH is 1. The van der Waals surface area contributed by atoms with Crippen LogP contribution in [0.25, 0.3) is 0 Å². The van der Waals surface area contributed by atoms with E-state index < -0.39 is 6.10 Å². The molecule has 1 unspecified atom stereocenters. The van der Waals surface area contributed by atoms with Gasteiger partial charge in [0.15, 0.2) is 0 Å². The van der Waals surface area contributed by atoms with Crippen LogP contribution >= 0.6 is 0 Å². The number of rotatable bonds is 9. The number of hydrogen-bond donors (Lipinski definition) is 3. The summed E-state index contributed by atoms with van der Waals surface area (Å²) in [5, 5.41) is 21.4. The minimum atomic E-state index is -0.640. The normalized spacial score (nSPS) is 11.6. The molecule has 108 valence electrons. The molecule has 0 saturated heterocycles. The first-order valence-electron chi connectivity index (χ1n) is 6.42. The summed E-state index contributed by atoms with van der Waals surface area (Å²) < 4.78 is 5.39. The molecule has 1 rings (SSSR count). The van der Waals surface area contributed by atoms with Gasteiger partial charge in [-0.3, -0.25) is 4.79 Å². The highest BCUT2D eigenvalue weighted by atomic mass is 16.5. The lowest BCUT2D eigenvalue weighted by atomic mass is 10.2. The fraction of sp³-hybridized carbons (Fsp3) is 0.429.